The number of rotatable bonds is 3. The van der Waals surface area contributed by atoms with Crippen LogP contribution in [-0.4, -0.2) is 42.0 Å². The molecule has 0 radical (unpaired) electrons. The lowest BCUT2D eigenvalue weighted by molar-refractivity contribution is -0.135. The van der Waals surface area contributed by atoms with Crippen molar-refractivity contribution in [2.24, 2.45) is 11.7 Å². The lowest BCUT2D eigenvalue weighted by Crippen LogP contribution is -2.63. The SMILES string of the molecule is CC(C)[C@@H](N)C(=O)N1CCN(c2ccc(Cl)cc2)C(C)(C)C1. The normalized spacial score (nSPS) is 19.4. The van der Waals surface area contributed by atoms with E-state index in [-0.39, 0.29) is 17.4 Å². The number of benzene rings is 1. The van der Waals surface area contributed by atoms with Crippen LogP contribution < -0.4 is 10.6 Å². The van der Waals surface area contributed by atoms with Crippen molar-refractivity contribution in [2.75, 3.05) is 24.5 Å². The molecule has 4 nitrogen and oxygen atoms in total. The fraction of sp³-hybridized carbons (Fsp3) is 0.588. The van der Waals surface area contributed by atoms with Gasteiger partial charge in [0.2, 0.25) is 5.91 Å². The summed E-state index contributed by atoms with van der Waals surface area (Å²) in [7, 11) is 0. The number of nitrogens with zero attached hydrogens (tertiary/aromatic N) is 2. The molecule has 1 aromatic carbocycles. The molecule has 1 aliphatic rings. The van der Waals surface area contributed by atoms with Crippen LogP contribution in [0, 0.1) is 5.92 Å². The molecule has 1 atom stereocenters. The third kappa shape index (κ3) is 3.55. The van der Waals surface area contributed by atoms with E-state index >= 15 is 0 Å². The van der Waals surface area contributed by atoms with E-state index in [0.717, 1.165) is 17.3 Å². The maximum absolute atomic E-state index is 12.5. The summed E-state index contributed by atoms with van der Waals surface area (Å²) in [4.78, 5) is 16.7. The zero-order chi connectivity index (χ0) is 16.5. The van der Waals surface area contributed by atoms with Crippen LogP contribution in [0.1, 0.15) is 27.7 Å². The maximum atomic E-state index is 12.5. The molecule has 1 aromatic rings. The summed E-state index contributed by atoms with van der Waals surface area (Å²) in [6, 6.07) is 7.44. The topological polar surface area (TPSA) is 49.6 Å². The zero-order valence-corrected chi connectivity index (χ0v) is 14.6. The Labute approximate surface area is 138 Å². The number of carbonyl (C=O) groups excluding carboxylic acids is 1. The summed E-state index contributed by atoms with van der Waals surface area (Å²) in [6.07, 6.45) is 0. The minimum Gasteiger partial charge on any atom is -0.363 e. The predicted molar refractivity (Wildman–Crippen MR) is 92.3 cm³/mol. The van der Waals surface area contributed by atoms with Crippen molar-refractivity contribution < 1.29 is 4.79 Å². The first-order valence-electron chi connectivity index (χ1n) is 7.80. The Morgan fingerprint density at radius 3 is 2.32 bits per heavy atom. The minimum atomic E-state index is -0.419. The van der Waals surface area contributed by atoms with E-state index in [1.165, 1.54) is 0 Å². The standard InChI is InChI=1S/C17H26ClN3O/c1-12(2)15(19)16(22)20-9-10-21(17(3,4)11-20)14-7-5-13(18)6-8-14/h5-8,12,15H,9-11,19H2,1-4H3/t15-/m1/s1. The quantitative estimate of drug-likeness (QED) is 0.930. The van der Waals surface area contributed by atoms with Crippen LogP contribution in [0.4, 0.5) is 5.69 Å². The highest BCUT2D eigenvalue weighted by Gasteiger charge is 2.37. The van der Waals surface area contributed by atoms with Crippen LogP contribution in [0.25, 0.3) is 0 Å². The monoisotopic (exact) mass is 323 g/mol. The van der Waals surface area contributed by atoms with Crippen LogP contribution >= 0.6 is 11.6 Å². The Hall–Kier alpha value is -1.26. The number of halogens is 1. The molecule has 122 valence electrons. The fourth-order valence-corrected chi connectivity index (χ4v) is 3.06. The molecule has 2 rings (SSSR count). The molecule has 22 heavy (non-hydrogen) atoms. The average molecular weight is 324 g/mol. The van der Waals surface area contributed by atoms with Gasteiger partial charge in [0.05, 0.1) is 11.6 Å². The highest BCUT2D eigenvalue weighted by molar-refractivity contribution is 6.30. The van der Waals surface area contributed by atoms with Gasteiger partial charge >= 0.3 is 0 Å². The van der Waals surface area contributed by atoms with E-state index in [1.54, 1.807) is 0 Å². The van der Waals surface area contributed by atoms with Crippen molar-refractivity contribution in [2.45, 2.75) is 39.3 Å². The molecule has 0 aromatic heterocycles. The maximum Gasteiger partial charge on any atom is 0.239 e. The smallest absolute Gasteiger partial charge is 0.239 e. The summed E-state index contributed by atoms with van der Waals surface area (Å²) in [6.45, 7) is 10.4. The van der Waals surface area contributed by atoms with Crippen molar-refractivity contribution in [3.05, 3.63) is 29.3 Å². The first-order chi connectivity index (χ1) is 10.2. The fourth-order valence-electron chi connectivity index (χ4n) is 2.94. The Morgan fingerprint density at radius 1 is 1.23 bits per heavy atom. The second-order valence-corrected chi connectivity index (χ2v) is 7.41. The number of hydrogen-bond donors (Lipinski definition) is 1. The Kier molecular flexibility index (Phi) is 5.03. The Bertz CT molecular complexity index is 527. The summed E-state index contributed by atoms with van der Waals surface area (Å²) in [5.74, 6) is 0.212. The highest BCUT2D eigenvalue weighted by Crippen LogP contribution is 2.29. The molecule has 0 unspecified atom stereocenters. The lowest BCUT2D eigenvalue weighted by Gasteiger charge is -2.49. The summed E-state index contributed by atoms with van der Waals surface area (Å²) in [5, 5.41) is 0.735. The first-order valence-corrected chi connectivity index (χ1v) is 8.18. The van der Waals surface area contributed by atoms with Crippen LogP contribution in [0.3, 0.4) is 0 Å². The van der Waals surface area contributed by atoms with Crippen molar-refractivity contribution in [3.8, 4) is 0 Å². The van der Waals surface area contributed by atoms with Gasteiger partial charge in [-0.1, -0.05) is 25.4 Å². The number of carbonyl (C=O) groups is 1. The Morgan fingerprint density at radius 2 is 1.82 bits per heavy atom. The van der Waals surface area contributed by atoms with Gasteiger partial charge in [0.25, 0.3) is 0 Å². The van der Waals surface area contributed by atoms with Crippen LogP contribution in [0.15, 0.2) is 24.3 Å². The largest absolute Gasteiger partial charge is 0.363 e. The molecule has 1 aliphatic heterocycles. The van der Waals surface area contributed by atoms with Gasteiger partial charge in [-0.3, -0.25) is 4.79 Å². The zero-order valence-electron chi connectivity index (χ0n) is 13.8. The van der Waals surface area contributed by atoms with E-state index in [0.29, 0.717) is 13.1 Å². The molecule has 0 saturated carbocycles. The molecule has 2 N–H and O–H groups in total. The molecular weight excluding hydrogens is 298 g/mol. The molecular formula is C17H26ClN3O. The van der Waals surface area contributed by atoms with Gasteiger partial charge in [-0.2, -0.15) is 0 Å². The van der Waals surface area contributed by atoms with Crippen molar-refractivity contribution in [1.82, 2.24) is 4.90 Å². The lowest BCUT2D eigenvalue weighted by atomic mass is 9.96. The molecule has 1 fully saturated rings. The predicted octanol–water partition coefficient (Wildman–Crippen LogP) is 2.75. The van der Waals surface area contributed by atoms with Gasteiger partial charge in [0.1, 0.15) is 0 Å². The van der Waals surface area contributed by atoms with E-state index in [1.807, 2.05) is 43.0 Å². The number of hydrogen-bond acceptors (Lipinski definition) is 3. The minimum absolute atomic E-state index is 0.0545. The Balaban J connectivity index is 2.12. The second kappa shape index (κ2) is 6.47. The summed E-state index contributed by atoms with van der Waals surface area (Å²) < 4.78 is 0. The van der Waals surface area contributed by atoms with Crippen molar-refractivity contribution in [3.63, 3.8) is 0 Å². The molecule has 0 spiro atoms. The molecule has 0 bridgehead atoms. The molecule has 1 heterocycles. The third-order valence-corrected chi connectivity index (χ3v) is 4.61. The van der Waals surface area contributed by atoms with Gasteiger partial charge in [-0.25, -0.2) is 0 Å². The summed E-state index contributed by atoms with van der Waals surface area (Å²) >= 11 is 5.97. The van der Waals surface area contributed by atoms with Gasteiger partial charge in [-0.15, -0.1) is 0 Å². The first kappa shape index (κ1) is 17.1. The van der Waals surface area contributed by atoms with Gasteiger partial charge in [0, 0.05) is 30.3 Å². The van der Waals surface area contributed by atoms with E-state index in [9.17, 15) is 4.79 Å². The molecule has 1 amide bonds. The van der Waals surface area contributed by atoms with Crippen LogP contribution in [-0.2, 0) is 4.79 Å². The highest BCUT2D eigenvalue weighted by atomic mass is 35.5. The average Bonchev–Trinajstić information content (AvgIpc) is 2.45. The summed E-state index contributed by atoms with van der Waals surface area (Å²) in [5.41, 5.74) is 7.02. The van der Waals surface area contributed by atoms with Crippen molar-refractivity contribution in [1.29, 1.82) is 0 Å². The van der Waals surface area contributed by atoms with Gasteiger partial charge < -0.3 is 15.5 Å². The van der Waals surface area contributed by atoms with Crippen molar-refractivity contribution >= 4 is 23.2 Å². The van der Waals surface area contributed by atoms with Gasteiger partial charge in [-0.05, 0) is 44.0 Å². The second-order valence-electron chi connectivity index (χ2n) is 6.97. The molecule has 0 aliphatic carbocycles. The third-order valence-electron chi connectivity index (χ3n) is 4.36. The molecule has 1 saturated heterocycles. The number of nitrogens with two attached hydrogens (primary N) is 1. The van der Waals surface area contributed by atoms with E-state index in [2.05, 4.69) is 18.7 Å². The van der Waals surface area contributed by atoms with Crippen LogP contribution in [0.2, 0.25) is 5.02 Å². The number of piperazine rings is 1. The van der Waals surface area contributed by atoms with Crippen LogP contribution in [0.5, 0.6) is 0 Å². The van der Waals surface area contributed by atoms with E-state index < -0.39 is 6.04 Å². The number of amides is 1. The van der Waals surface area contributed by atoms with E-state index in [4.69, 9.17) is 17.3 Å². The molecule has 5 heteroatoms. The number of anilines is 1. The van der Waals surface area contributed by atoms with Gasteiger partial charge in [0.15, 0.2) is 0 Å².